The molecule has 0 radical (unpaired) electrons. The molecule has 0 atom stereocenters. The molecule has 0 aliphatic rings. The van der Waals surface area contributed by atoms with Crippen LogP contribution < -0.4 is 26.2 Å². The molecule has 0 saturated carbocycles. The number of halogens is 1. The van der Waals surface area contributed by atoms with Crippen molar-refractivity contribution >= 4 is 56.7 Å². The van der Waals surface area contributed by atoms with E-state index >= 15 is 0 Å². The zero-order chi connectivity index (χ0) is 24.9. The Hall–Kier alpha value is -3.02. The Kier molecular flexibility index (Phi) is 11.4. The van der Waals surface area contributed by atoms with Gasteiger partial charge in [0.05, 0.1) is 12.2 Å². The smallest absolute Gasteiger partial charge is 0.269 e. The van der Waals surface area contributed by atoms with Gasteiger partial charge in [0.15, 0.2) is 5.11 Å². The molecule has 34 heavy (non-hydrogen) atoms. The van der Waals surface area contributed by atoms with Crippen molar-refractivity contribution in [2.45, 2.75) is 26.2 Å². The second-order valence-electron chi connectivity index (χ2n) is 7.07. The Bertz CT molecular complexity index is 1020. The predicted molar refractivity (Wildman–Crippen MR) is 137 cm³/mol. The SMILES string of the molecule is CCCCC(=O)Nc1ccc(C(=O)NNC(=S)NC(=O)c2cc(Br)ccc2OCCOC)cc1. The van der Waals surface area contributed by atoms with Gasteiger partial charge >= 0.3 is 0 Å². The van der Waals surface area contributed by atoms with Gasteiger partial charge in [-0.2, -0.15) is 0 Å². The Morgan fingerprint density at radius 3 is 2.41 bits per heavy atom. The van der Waals surface area contributed by atoms with Crippen molar-refractivity contribution in [3.05, 3.63) is 58.1 Å². The van der Waals surface area contributed by atoms with Crippen LogP contribution in [-0.2, 0) is 9.53 Å². The van der Waals surface area contributed by atoms with Crippen LogP contribution in [0.1, 0.15) is 46.9 Å². The predicted octanol–water partition coefficient (Wildman–Crippen LogP) is 3.55. The number of carbonyl (C=O) groups is 3. The van der Waals surface area contributed by atoms with Crippen molar-refractivity contribution in [3.8, 4) is 5.75 Å². The van der Waals surface area contributed by atoms with Gasteiger partial charge < -0.3 is 14.8 Å². The van der Waals surface area contributed by atoms with Crippen LogP contribution >= 0.6 is 28.1 Å². The number of anilines is 1. The summed E-state index contributed by atoms with van der Waals surface area (Å²) in [5.41, 5.74) is 6.12. The van der Waals surface area contributed by atoms with Crippen LogP contribution in [0.15, 0.2) is 46.9 Å². The lowest BCUT2D eigenvalue weighted by atomic mass is 10.2. The van der Waals surface area contributed by atoms with Crippen LogP contribution in [0.3, 0.4) is 0 Å². The highest BCUT2D eigenvalue weighted by molar-refractivity contribution is 9.10. The summed E-state index contributed by atoms with van der Waals surface area (Å²) >= 11 is 8.43. The Balaban J connectivity index is 1.88. The molecule has 9 nitrogen and oxygen atoms in total. The molecule has 0 saturated heterocycles. The quantitative estimate of drug-likeness (QED) is 0.203. The summed E-state index contributed by atoms with van der Waals surface area (Å²) in [6.07, 6.45) is 2.21. The van der Waals surface area contributed by atoms with Crippen molar-refractivity contribution in [1.29, 1.82) is 0 Å². The highest BCUT2D eigenvalue weighted by atomic mass is 79.9. The molecule has 0 aromatic heterocycles. The Labute approximate surface area is 212 Å². The van der Waals surface area contributed by atoms with Gasteiger partial charge in [-0.3, -0.25) is 30.6 Å². The van der Waals surface area contributed by atoms with E-state index in [4.69, 9.17) is 21.7 Å². The normalized spacial score (nSPS) is 10.2. The number of rotatable bonds is 10. The van der Waals surface area contributed by atoms with Gasteiger partial charge in [0.25, 0.3) is 11.8 Å². The van der Waals surface area contributed by atoms with E-state index in [-0.39, 0.29) is 23.2 Å². The summed E-state index contributed by atoms with van der Waals surface area (Å²) in [7, 11) is 1.55. The Morgan fingerprint density at radius 2 is 1.74 bits per heavy atom. The highest BCUT2D eigenvalue weighted by Crippen LogP contribution is 2.23. The minimum Gasteiger partial charge on any atom is -0.490 e. The van der Waals surface area contributed by atoms with Gasteiger partial charge in [-0.1, -0.05) is 29.3 Å². The number of unbranched alkanes of at least 4 members (excludes halogenated alkanes) is 1. The average Bonchev–Trinajstić information content (AvgIpc) is 2.82. The molecular formula is C23H27BrN4O5S. The summed E-state index contributed by atoms with van der Waals surface area (Å²) in [5.74, 6) is -0.680. The molecule has 0 bridgehead atoms. The first-order valence-electron chi connectivity index (χ1n) is 10.6. The third-order valence-electron chi connectivity index (χ3n) is 4.44. The molecule has 2 aromatic carbocycles. The van der Waals surface area contributed by atoms with E-state index < -0.39 is 11.8 Å². The third kappa shape index (κ3) is 9.08. The van der Waals surface area contributed by atoms with E-state index in [9.17, 15) is 14.4 Å². The second-order valence-corrected chi connectivity index (χ2v) is 8.40. The van der Waals surface area contributed by atoms with Gasteiger partial charge in [-0.05, 0) is 61.1 Å². The van der Waals surface area contributed by atoms with Crippen molar-refractivity contribution in [2.75, 3.05) is 25.6 Å². The number of hydrogen-bond donors (Lipinski definition) is 4. The first-order valence-corrected chi connectivity index (χ1v) is 11.8. The molecule has 2 aromatic rings. The minimum absolute atomic E-state index is 0.0699. The van der Waals surface area contributed by atoms with Crippen LogP contribution in [0, 0.1) is 0 Å². The number of amides is 3. The highest BCUT2D eigenvalue weighted by Gasteiger charge is 2.15. The average molecular weight is 551 g/mol. The van der Waals surface area contributed by atoms with Gasteiger partial charge in [0.2, 0.25) is 5.91 Å². The van der Waals surface area contributed by atoms with Gasteiger partial charge in [-0.15, -0.1) is 0 Å². The lowest BCUT2D eigenvalue weighted by molar-refractivity contribution is -0.116. The fraction of sp³-hybridized carbons (Fsp3) is 0.304. The first kappa shape index (κ1) is 27.2. The largest absolute Gasteiger partial charge is 0.490 e. The number of ether oxygens (including phenoxy) is 2. The fourth-order valence-electron chi connectivity index (χ4n) is 2.69. The summed E-state index contributed by atoms with van der Waals surface area (Å²) in [5, 5.41) is 5.18. The molecule has 0 heterocycles. The third-order valence-corrected chi connectivity index (χ3v) is 5.13. The van der Waals surface area contributed by atoms with E-state index in [0.717, 1.165) is 12.8 Å². The lowest BCUT2D eigenvalue weighted by Crippen LogP contribution is -2.48. The molecule has 2 rings (SSSR count). The molecule has 0 unspecified atom stereocenters. The summed E-state index contributed by atoms with van der Waals surface area (Å²) in [4.78, 5) is 36.8. The number of carbonyl (C=O) groups excluding carboxylic acids is 3. The van der Waals surface area contributed by atoms with Gasteiger partial charge in [-0.25, -0.2) is 0 Å². The van der Waals surface area contributed by atoms with E-state index in [0.29, 0.717) is 34.5 Å². The maximum absolute atomic E-state index is 12.6. The molecule has 0 aliphatic carbocycles. The molecule has 0 spiro atoms. The van der Waals surface area contributed by atoms with Crippen molar-refractivity contribution < 1.29 is 23.9 Å². The molecule has 0 fully saturated rings. The molecule has 4 N–H and O–H groups in total. The second kappa shape index (κ2) is 14.3. The number of hydrazine groups is 1. The zero-order valence-corrected chi connectivity index (χ0v) is 21.3. The van der Waals surface area contributed by atoms with Gasteiger partial charge in [0, 0.05) is 29.3 Å². The standard InChI is InChI=1S/C23H27BrN4O5S/c1-3-4-5-20(29)25-17-9-6-15(7-10-17)21(30)27-28-23(34)26-22(31)18-14-16(24)8-11-19(18)33-13-12-32-2/h6-11,14H,3-5,12-13H2,1-2H3,(H,25,29)(H,27,30)(H2,26,28,31,34). The monoisotopic (exact) mass is 550 g/mol. The lowest BCUT2D eigenvalue weighted by Gasteiger charge is -2.14. The zero-order valence-electron chi connectivity index (χ0n) is 18.9. The molecule has 3 amide bonds. The van der Waals surface area contributed by atoms with Crippen LogP contribution in [0.25, 0.3) is 0 Å². The number of methoxy groups -OCH3 is 1. The maximum Gasteiger partial charge on any atom is 0.269 e. The van der Waals surface area contributed by atoms with Crippen molar-refractivity contribution in [2.24, 2.45) is 0 Å². The van der Waals surface area contributed by atoms with E-state index in [2.05, 4.69) is 37.4 Å². The van der Waals surface area contributed by atoms with Crippen molar-refractivity contribution in [1.82, 2.24) is 16.2 Å². The molecule has 11 heteroatoms. The van der Waals surface area contributed by atoms with E-state index in [1.54, 1.807) is 49.6 Å². The van der Waals surface area contributed by atoms with Gasteiger partial charge in [0.1, 0.15) is 12.4 Å². The van der Waals surface area contributed by atoms with E-state index in [1.165, 1.54) is 0 Å². The number of thiocarbonyl (C=S) groups is 1. The molecule has 182 valence electrons. The number of hydrogen-bond acceptors (Lipinski definition) is 6. The topological polar surface area (TPSA) is 118 Å². The summed E-state index contributed by atoms with van der Waals surface area (Å²) in [6.45, 7) is 2.66. The van der Waals surface area contributed by atoms with E-state index in [1.807, 2.05) is 6.92 Å². The number of nitrogens with one attached hydrogen (secondary N) is 4. The van der Waals surface area contributed by atoms with Crippen molar-refractivity contribution in [3.63, 3.8) is 0 Å². The molecular weight excluding hydrogens is 524 g/mol. The van der Waals surface area contributed by atoms with Crippen LogP contribution in [0.5, 0.6) is 5.75 Å². The fourth-order valence-corrected chi connectivity index (χ4v) is 3.20. The summed E-state index contributed by atoms with van der Waals surface area (Å²) in [6, 6.07) is 11.4. The van der Waals surface area contributed by atoms with Crippen LogP contribution in [0.4, 0.5) is 5.69 Å². The van der Waals surface area contributed by atoms with Crippen LogP contribution in [-0.4, -0.2) is 43.2 Å². The first-order chi connectivity index (χ1) is 16.3. The Morgan fingerprint density at radius 1 is 1.00 bits per heavy atom. The maximum atomic E-state index is 12.6. The summed E-state index contributed by atoms with van der Waals surface area (Å²) < 4.78 is 11.2. The molecule has 0 aliphatic heterocycles. The number of benzene rings is 2. The van der Waals surface area contributed by atoms with Crippen LogP contribution in [0.2, 0.25) is 0 Å². The minimum atomic E-state index is -0.511.